The lowest BCUT2D eigenvalue weighted by Gasteiger charge is -2.16. The van der Waals surface area contributed by atoms with Gasteiger partial charge in [-0.3, -0.25) is 14.4 Å². The van der Waals surface area contributed by atoms with E-state index in [-0.39, 0.29) is 16.9 Å². The third kappa shape index (κ3) is 1.86. The molecule has 1 atom stereocenters. The molecule has 13 heavy (non-hydrogen) atoms. The maximum atomic E-state index is 11.6. The maximum absolute atomic E-state index is 11.6. The zero-order valence-electron chi connectivity index (χ0n) is 7.19. The van der Waals surface area contributed by atoms with E-state index in [4.69, 9.17) is 4.84 Å². The van der Waals surface area contributed by atoms with Gasteiger partial charge in [-0.25, -0.2) is 5.06 Å². The van der Waals surface area contributed by atoms with Gasteiger partial charge >= 0.3 is 0 Å². The summed E-state index contributed by atoms with van der Waals surface area (Å²) in [6, 6.07) is 0. The highest BCUT2D eigenvalue weighted by atomic mass is 32.2. The van der Waals surface area contributed by atoms with E-state index in [9.17, 15) is 9.59 Å². The van der Waals surface area contributed by atoms with E-state index in [2.05, 4.69) is 0 Å². The van der Waals surface area contributed by atoms with E-state index >= 15 is 0 Å². The van der Waals surface area contributed by atoms with Gasteiger partial charge in [0.2, 0.25) is 0 Å². The first-order valence-electron chi connectivity index (χ1n) is 4.37. The number of nitrogens with zero attached hydrogens (tertiary/aromatic N) is 1. The van der Waals surface area contributed by atoms with Gasteiger partial charge in [0.05, 0.1) is 19.1 Å². The van der Waals surface area contributed by atoms with Crippen LogP contribution in [0, 0.1) is 5.92 Å². The van der Waals surface area contributed by atoms with Crippen molar-refractivity contribution in [3.63, 3.8) is 0 Å². The number of rotatable bonds is 1. The van der Waals surface area contributed by atoms with E-state index in [1.165, 1.54) is 16.8 Å². The lowest BCUT2D eigenvalue weighted by Crippen LogP contribution is -2.32. The average Bonchev–Trinajstić information content (AvgIpc) is 2.72. The number of hydroxylamine groups is 2. The van der Waals surface area contributed by atoms with Gasteiger partial charge in [-0.1, -0.05) is 11.8 Å². The summed E-state index contributed by atoms with van der Waals surface area (Å²) in [5, 5.41) is 1.53. The first-order chi connectivity index (χ1) is 6.27. The van der Waals surface area contributed by atoms with Crippen LogP contribution in [-0.4, -0.2) is 35.0 Å². The minimum atomic E-state index is -0.143. The molecule has 0 saturated carbocycles. The summed E-state index contributed by atoms with van der Waals surface area (Å²) in [6.45, 7) is 1.30. The summed E-state index contributed by atoms with van der Waals surface area (Å²) >= 11 is 1.25. The van der Waals surface area contributed by atoms with Crippen molar-refractivity contribution < 1.29 is 14.4 Å². The van der Waals surface area contributed by atoms with E-state index in [1.54, 1.807) is 0 Å². The van der Waals surface area contributed by atoms with Crippen LogP contribution >= 0.6 is 11.8 Å². The number of carbonyl (C=O) groups excluding carboxylic acids is 2. The molecule has 1 amide bonds. The first-order valence-corrected chi connectivity index (χ1v) is 5.36. The van der Waals surface area contributed by atoms with Crippen LogP contribution in [0.5, 0.6) is 0 Å². The molecule has 0 aromatic rings. The minimum absolute atomic E-state index is 0.0177. The van der Waals surface area contributed by atoms with Crippen LogP contribution in [0.4, 0.5) is 0 Å². The van der Waals surface area contributed by atoms with Crippen molar-refractivity contribution in [1.29, 1.82) is 0 Å². The highest BCUT2D eigenvalue weighted by Crippen LogP contribution is 2.27. The third-order valence-corrected chi connectivity index (χ3v) is 3.26. The SMILES string of the molecule is O=C1CC(C(=O)N2CCCO2)CS1. The summed E-state index contributed by atoms with van der Waals surface area (Å²) in [6.07, 6.45) is 1.28. The Morgan fingerprint density at radius 3 is 3.00 bits per heavy atom. The fourth-order valence-electron chi connectivity index (χ4n) is 1.50. The fraction of sp³-hybridized carbons (Fsp3) is 0.750. The van der Waals surface area contributed by atoms with Crippen molar-refractivity contribution in [2.75, 3.05) is 18.9 Å². The number of hydrogen-bond donors (Lipinski definition) is 0. The van der Waals surface area contributed by atoms with Crippen molar-refractivity contribution in [1.82, 2.24) is 5.06 Å². The Bertz CT molecular complexity index is 238. The first kappa shape index (κ1) is 9.02. The molecule has 4 nitrogen and oxygen atoms in total. The van der Waals surface area contributed by atoms with E-state index in [1.807, 2.05) is 0 Å². The van der Waals surface area contributed by atoms with Crippen molar-refractivity contribution in [2.45, 2.75) is 12.8 Å². The molecule has 72 valence electrons. The second-order valence-corrected chi connectivity index (χ2v) is 4.29. The Hall–Kier alpha value is -0.550. The summed E-state index contributed by atoms with van der Waals surface area (Å²) in [4.78, 5) is 27.7. The van der Waals surface area contributed by atoms with Crippen molar-refractivity contribution in [3.8, 4) is 0 Å². The second kappa shape index (κ2) is 3.67. The molecule has 2 rings (SSSR count). The average molecular weight is 201 g/mol. The highest BCUT2D eigenvalue weighted by molar-refractivity contribution is 8.14. The molecule has 5 heteroatoms. The molecule has 2 fully saturated rings. The molecule has 0 bridgehead atoms. The molecule has 1 unspecified atom stereocenters. The number of carbonyl (C=O) groups is 2. The molecule has 0 spiro atoms. The third-order valence-electron chi connectivity index (χ3n) is 2.21. The minimum Gasteiger partial charge on any atom is -0.287 e. The Balaban J connectivity index is 1.92. The van der Waals surface area contributed by atoms with Gasteiger partial charge in [0.15, 0.2) is 5.12 Å². The van der Waals surface area contributed by atoms with Crippen LogP contribution in [0.1, 0.15) is 12.8 Å². The maximum Gasteiger partial charge on any atom is 0.250 e. The van der Waals surface area contributed by atoms with Gasteiger partial charge in [0.1, 0.15) is 0 Å². The van der Waals surface area contributed by atoms with Crippen LogP contribution in [0.3, 0.4) is 0 Å². The molecule has 0 N–H and O–H groups in total. The van der Waals surface area contributed by atoms with Crippen molar-refractivity contribution >= 4 is 22.8 Å². The molecule has 2 saturated heterocycles. The molecular weight excluding hydrogens is 190 g/mol. The zero-order valence-corrected chi connectivity index (χ0v) is 8.01. The molecular formula is C8H11NO3S. The Morgan fingerprint density at radius 1 is 1.62 bits per heavy atom. The van der Waals surface area contributed by atoms with Crippen LogP contribution in [0.25, 0.3) is 0 Å². The van der Waals surface area contributed by atoms with Crippen LogP contribution in [0.2, 0.25) is 0 Å². The van der Waals surface area contributed by atoms with Gasteiger partial charge in [0.25, 0.3) is 5.91 Å². The van der Waals surface area contributed by atoms with Gasteiger partial charge in [-0.05, 0) is 6.42 Å². The Morgan fingerprint density at radius 2 is 2.46 bits per heavy atom. The van der Waals surface area contributed by atoms with Crippen LogP contribution in [0.15, 0.2) is 0 Å². The predicted molar refractivity (Wildman–Crippen MR) is 47.9 cm³/mol. The molecule has 0 radical (unpaired) electrons. The molecule has 2 aliphatic rings. The molecule has 0 aliphatic carbocycles. The lowest BCUT2D eigenvalue weighted by molar-refractivity contribution is -0.172. The topological polar surface area (TPSA) is 46.6 Å². The molecule has 2 aliphatic heterocycles. The van der Waals surface area contributed by atoms with Gasteiger partial charge in [-0.15, -0.1) is 0 Å². The highest BCUT2D eigenvalue weighted by Gasteiger charge is 2.33. The largest absolute Gasteiger partial charge is 0.287 e. The predicted octanol–water partition coefficient (Wildman–Crippen LogP) is 0.430. The molecule has 2 heterocycles. The number of amides is 1. The lowest BCUT2D eigenvalue weighted by atomic mass is 10.1. The summed E-state index contributed by atoms with van der Waals surface area (Å²) in [5.41, 5.74) is 0. The number of hydrogen-bond acceptors (Lipinski definition) is 4. The van der Waals surface area contributed by atoms with E-state index < -0.39 is 0 Å². The quantitative estimate of drug-likeness (QED) is 0.617. The number of thioether (sulfide) groups is 1. The zero-order chi connectivity index (χ0) is 9.26. The molecule has 0 aromatic carbocycles. The molecule has 0 aromatic heterocycles. The Labute approximate surface area is 80.6 Å². The van der Waals surface area contributed by atoms with E-state index in [0.717, 1.165) is 6.42 Å². The normalized spacial score (nSPS) is 28.5. The van der Waals surface area contributed by atoms with Crippen LogP contribution in [-0.2, 0) is 14.4 Å². The fourth-order valence-corrected chi connectivity index (χ4v) is 2.46. The van der Waals surface area contributed by atoms with Crippen molar-refractivity contribution in [3.05, 3.63) is 0 Å². The smallest absolute Gasteiger partial charge is 0.250 e. The Kier molecular flexibility index (Phi) is 2.55. The summed E-state index contributed by atoms with van der Waals surface area (Å²) in [7, 11) is 0. The van der Waals surface area contributed by atoms with Crippen molar-refractivity contribution in [2.24, 2.45) is 5.92 Å². The summed E-state index contributed by atoms with van der Waals surface area (Å²) < 4.78 is 0. The summed E-state index contributed by atoms with van der Waals surface area (Å²) in [5.74, 6) is 0.462. The van der Waals surface area contributed by atoms with Gasteiger partial charge in [0, 0.05) is 12.2 Å². The second-order valence-electron chi connectivity index (χ2n) is 3.21. The van der Waals surface area contributed by atoms with Crippen LogP contribution < -0.4 is 0 Å². The standard InChI is InChI=1S/C8H11NO3S/c10-7-4-6(5-13-7)8(11)9-2-1-3-12-9/h6H,1-5H2. The van der Waals surface area contributed by atoms with Gasteiger partial charge in [-0.2, -0.15) is 0 Å². The van der Waals surface area contributed by atoms with Gasteiger partial charge < -0.3 is 0 Å². The monoisotopic (exact) mass is 201 g/mol. The van der Waals surface area contributed by atoms with E-state index in [0.29, 0.717) is 25.3 Å².